The summed E-state index contributed by atoms with van der Waals surface area (Å²) < 4.78 is 11.8. The molecule has 0 heterocycles. The maximum Gasteiger partial charge on any atom is 0.133 e. The lowest BCUT2D eigenvalue weighted by molar-refractivity contribution is 0.394. The van der Waals surface area contributed by atoms with Gasteiger partial charge in [-0.1, -0.05) is 34.1 Å². The molecule has 0 saturated carbocycles. The van der Waals surface area contributed by atoms with Crippen molar-refractivity contribution in [2.24, 2.45) is 0 Å². The standard InChI is InChI=1S/C23H33NO2/c1-8-9-12-24-18-13-16(2)22(17(3)14-18)26-19-10-11-21(25-7)20(15-19)23(4,5)6/h10-11,13-15,24H,8-9,12H2,1-7H3. The number of aryl methyl sites for hydroxylation is 2. The van der Waals surface area contributed by atoms with E-state index < -0.39 is 0 Å². The molecule has 0 aliphatic carbocycles. The largest absolute Gasteiger partial charge is 0.496 e. The summed E-state index contributed by atoms with van der Waals surface area (Å²) in [5, 5.41) is 3.49. The highest BCUT2D eigenvalue weighted by Crippen LogP contribution is 2.37. The predicted octanol–water partition coefficient (Wildman–Crippen LogP) is 6.61. The Morgan fingerprint density at radius 2 is 1.65 bits per heavy atom. The van der Waals surface area contributed by atoms with E-state index in [9.17, 15) is 0 Å². The first kappa shape index (κ1) is 20.2. The molecule has 0 fully saturated rings. The smallest absolute Gasteiger partial charge is 0.133 e. The zero-order chi connectivity index (χ0) is 19.3. The fourth-order valence-corrected chi connectivity index (χ4v) is 3.08. The zero-order valence-corrected chi connectivity index (χ0v) is 17.3. The van der Waals surface area contributed by atoms with Gasteiger partial charge in [0.2, 0.25) is 0 Å². The summed E-state index contributed by atoms with van der Waals surface area (Å²) in [4.78, 5) is 0. The lowest BCUT2D eigenvalue weighted by Gasteiger charge is -2.23. The van der Waals surface area contributed by atoms with E-state index in [1.165, 1.54) is 12.8 Å². The minimum absolute atomic E-state index is 0.0120. The Morgan fingerprint density at radius 3 is 2.19 bits per heavy atom. The molecule has 0 aliphatic rings. The van der Waals surface area contributed by atoms with Crippen LogP contribution in [0.15, 0.2) is 30.3 Å². The van der Waals surface area contributed by atoms with Gasteiger partial charge in [0.1, 0.15) is 17.2 Å². The van der Waals surface area contributed by atoms with Crippen LogP contribution in [0, 0.1) is 13.8 Å². The molecule has 0 radical (unpaired) electrons. The first-order chi connectivity index (χ1) is 12.3. The summed E-state index contributed by atoms with van der Waals surface area (Å²) >= 11 is 0. The van der Waals surface area contributed by atoms with Crippen LogP contribution in [0.4, 0.5) is 5.69 Å². The van der Waals surface area contributed by atoms with Gasteiger partial charge in [-0.05, 0) is 67.1 Å². The monoisotopic (exact) mass is 355 g/mol. The molecule has 0 spiro atoms. The molecule has 0 aromatic heterocycles. The maximum atomic E-state index is 6.27. The van der Waals surface area contributed by atoms with Crippen molar-refractivity contribution in [3.8, 4) is 17.2 Å². The van der Waals surface area contributed by atoms with Crippen LogP contribution >= 0.6 is 0 Å². The molecule has 3 nitrogen and oxygen atoms in total. The van der Waals surface area contributed by atoms with Crippen molar-refractivity contribution in [1.29, 1.82) is 0 Å². The molecule has 0 amide bonds. The Balaban J connectivity index is 2.28. The fourth-order valence-electron chi connectivity index (χ4n) is 3.08. The second-order valence-corrected chi connectivity index (χ2v) is 7.93. The predicted molar refractivity (Wildman–Crippen MR) is 111 cm³/mol. The molecule has 2 aromatic carbocycles. The van der Waals surface area contributed by atoms with Crippen LogP contribution in [0.3, 0.4) is 0 Å². The summed E-state index contributed by atoms with van der Waals surface area (Å²) in [6.45, 7) is 14.0. The van der Waals surface area contributed by atoms with Crippen molar-refractivity contribution < 1.29 is 9.47 Å². The highest BCUT2D eigenvalue weighted by molar-refractivity contribution is 5.56. The highest BCUT2D eigenvalue weighted by atomic mass is 16.5. The third-order valence-electron chi connectivity index (χ3n) is 4.52. The van der Waals surface area contributed by atoms with E-state index in [0.29, 0.717) is 0 Å². The molecular formula is C23H33NO2. The maximum absolute atomic E-state index is 6.27. The third kappa shape index (κ3) is 4.94. The number of methoxy groups -OCH3 is 1. The molecule has 0 saturated heterocycles. The Labute approximate surface area is 158 Å². The normalized spacial score (nSPS) is 11.3. The molecular weight excluding hydrogens is 322 g/mol. The number of hydrogen-bond donors (Lipinski definition) is 1. The van der Waals surface area contributed by atoms with Gasteiger partial charge in [-0.25, -0.2) is 0 Å². The summed E-state index contributed by atoms with van der Waals surface area (Å²) in [5.41, 5.74) is 4.56. The molecule has 1 N–H and O–H groups in total. The zero-order valence-electron chi connectivity index (χ0n) is 17.3. The number of benzene rings is 2. The van der Waals surface area contributed by atoms with Crippen molar-refractivity contribution in [3.63, 3.8) is 0 Å². The van der Waals surface area contributed by atoms with Gasteiger partial charge in [0.05, 0.1) is 7.11 Å². The number of nitrogens with one attached hydrogen (secondary N) is 1. The highest BCUT2D eigenvalue weighted by Gasteiger charge is 2.20. The van der Waals surface area contributed by atoms with Gasteiger partial charge in [0.25, 0.3) is 0 Å². The number of ether oxygens (including phenoxy) is 2. The second-order valence-electron chi connectivity index (χ2n) is 7.93. The van der Waals surface area contributed by atoms with Crippen LogP contribution in [0.25, 0.3) is 0 Å². The summed E-state index contributed by atoms with van der Waals surface area (Å²) in [5.74, 6) is 2.67. The van der Waals surface area contributed by atoms with Crippen molar-refractivity contribution in [2.45, 2.75) is 59.8 Å². The molecule has 2 rings (SSSR count). The average Bonchev–Trinajstić information content (AvgIpc) is 2.57. The van der Waals surface area contributed by atoms with E-state index in [0.717, 1.165) is 46.2 Å². The van der Waals surface area contributed by atoms with Gasteiger partial charge in [0, 0.05) is 17.8 Å². The first-order valence-electron chi connectivity index (χ1n) is 9.47. The van der Waals surface area contributed by atoms with Crippen molar-refractivity contribution in [3.05, 3.63) is 47.0 Å². The van der Waals surface area contributed by atoms with Gasteiger partial charge in [-0.15, -0.1) is 0 Å². The van der Waals surface area contributed by atoms with E-state index in [1.54, 1.807) is 7.11 Å². The van der Waals surface area contributed by atoms with Crippen molar-refractivity contribution in [1.82, 2.24) is 0 Å². The molecule has 142 valence electrons. The second kappa shape index (κ2) is 8.48. The Morgan fingerprint density at radius 1 is 1.00 bits per heavy atom. The number of anilines is 1. The molecule has 0 atom stereocenters. The fraction of sp³-hybridized carbons (Fsp3) is 0.478. The van der Waals surface area contributed by atoms with Gasteiger partial charge in [-0.2, -0.15) is 0 Å². The van der Waals surface area contributed by atoms with Gasteiger partial charge in [0.15, 0.2) is 0 Å². The molecule has 26 heavy (non-hydrogen) atoms. The van der Waals surface area contributed by atoms with Crippen molar-refractivity contribution >= 4 is 5.69 Å². The average molecular weight is 356 g/mol. The Bertz CT molecular complexity index is 721. The number of unbranched alkanes of at least 4 members (excludes halogenated alkanes) is 1. The minimum atomic E-state index is -0.0120. The lowest BCUT2D eigenvalue weighted by atomic mass is 9.86. The quantitative estimate of drug-likeness (QED) is 0.567. The lowest BCUT2D eigenvalue weighted by Crippen LogP contribution is -2.13. The van der Waals surface area contributed by atoms with Crippen LogP contribution in [0.5, 0.6) is 17.2 Å². The Kier molecular flexibility index (Phi) is 6.57. The molecule has 3 heteroatoms. The summed E-state index contributed by atoms with van der Waals surface area (Å²) in [6.07, 6.45) is 2.37. The topological polar surface area (TPSA) is 30.5 Å². The van der Waals surface area contributed by atoms with E-state index in [4.69, 9.17) is 9.47 Å². The van der Waals surface area contributed by atoms with Gasteiger partial charge >= 0.3 is 0 Å². The van der Waals surface area contributed by atoms with Crippen molar-refractivity contribution in [2.75, 3.05) is 19.0 Å². The van der Waals surface area contributed by atoms with E-state index >= 15 is 0 Å². The van der Waals surface area contributed by atoms with E-state index in [2.05, 4.69) is 65.1 Å². The molecule has 0 aliphatic heterocycles. The molecule has 2 aromatic rings. The van der Waals surface area contributed by atoms with E-state index in [-0.39, 0.29) is 5.41 Å². The van der Waals surface area contributed by atoms with E-state index in [1.807, 2.05) is 12.1 Å². The SMILES string of the molecule is CCCCNc1cc(C)c(Oc2ccc(OC)c(C(C)(C)C)c2)c(C)c1. The minimum Gasteiger partial charge on any atom is -0.496 e. The Hall–Kier alpha value is -2.16. The van der Waals surface area contributed by atoms with Crippen LogP contribution < -0.4 is 14.8 Å². The number of rotatable bonds is 7. The summed E-state index contributed by atoms with van der Waals surface area (Å²) in [6, 6.07) is 10.4. The summed E-state index contributed by atoms with van der Waals surface area (Å²) in [7, 11) is 1.71. The molecule has 0 unspecified atom stereocenters. The van der Waals surface area contributed by atoms with Crippen LogP contribution in [0.1, 0.15) is 57.2 Å². The van der Waals surface area contributed by atoms with Gasteiger partial charge < -0.3 is 14.8 Å². The first-order valence-corrected chi connectivity index (χ1v) is 9.47. The van der Waals surface area contributed by atoms with Crippen LogP contribution in [0.2, 0.25) is 0 Å². The van der Waals surface area contributed by atoms with Gasteiger partial charge in [-0.3, -0.25) is 0 Å². The van der Waals surface area contributed by atoms with Crippen LogP contribution in [-0.2, 0) is 5.41 Å². The number of hydrogen-bond acceptors (Lipinski definition) is 3. The third-order valence-corrected chi connectivity index (χ3v) is 4.52. The van der Waals surface area contributed by atoms with Crippen LogP contribution in [-0.4, -0.2) is 13.7 Å². The molecule has 0 bridgehead atoms.